The van der Waals surface area contributed by atoms with Crippen molar-refractivity contribution in [1.29, 1.82) is 0 Å². The van der Waals surface area contributed by atoms with Crippen molar-refractivity contribution in [3.05, 3.63) is 23.9 Å². The van der Waals surface area contributed by atoms with E-state index in [1.54, 1.807) is 18.3 Å². The maximum absolute atomic E-state index is 12.8. The average molecular weight is 346 g/mol. The van der Waals surface area contributed by atoms with E-state index in [4.69, 9.17) is 10.5 Å². The van der Waals surface area contributed by atoms with Crippen molar-refractivity contribution < 1.29 is 14.3 Å². The van der Waals surface area contributed by atoms with Gasteiger partial charge in [0.1, 0.15) is 5.56 Å². The summed E-state index contributed by atoms with van der Waals surface area (Å²) in [4.78, 5) is 32.7. The fourth-order valence-corrected chi connectivity index (χ4v) is 3.91. The normalized spacial score (nSPS) is 22.1. The van der Waals surface area contributed by atoms with Crippen molar-refractivity contribution in [3.8, 4) is 5.88 Å². The Bertz CT molecular complexity index is 629. The molecule has 1 aromatic rings. The number of likely N-dealkylation sites (tertiary alicyclic amines) is 2. The van der Waals surface area contributed by atoms with Gasteiger partial charge in [0, 0.05) is 25.3 Å². The van der Waals surface area contributed by atoms with Gasteiger partial charge in [-0.1, -0.05) is 0 Å². The van der Waals surface area contributed by atoms with Crippen molar-refractivity contribution in [3.63, 3.8) is 0 Å². The van der Waals surface area contributed by atoms with Crippen LogP contribution < -0.4 is 10.5 Å². The van der Waals surface area contributed by atoms with Crippen LogP contribution in [0.2, 0.25) is 0 Å². The van der Waals surface area contributed by atoms with Crippen LogP contribution in [0.5, 0.6) is 5.88 Å². The van der Waals surface area contributed by atoms with Gasteiger partial charge in [0.2, 0.25) is 11.8 Å². The first-order valence-electron chi connectivity index (χ1n) is 9.04. The summed E-state index contributed by atoms with van der Waals surface area (Å²) in [7, 11) is 0. The molecule has 2 aliphatic rings. The molecular formula is C18H26N4O3. The minimum Gasteiger partial charge on any atom is -0.477 e. The number of primary amides is 1. The molecule has 0 saturated carbocycles. The second kappa shape index (κ2) is 7.82. The fourth-order valence-electron chi connectivity index (χ4n) is 3.91. The molecular weight excluding hydrogens is 320 g/mol. The summed E-state index contributed by atoms with van der Waals surface area (Å²) in [5.41, 5.74) is 6.04. The van der Waals surface area contributed by atoms with E-state index in [0.29, 0.717) is 37.2 Å². The van der Waals surface area contributed by atoms with E-state index in [-0.39, 0.29) is 17.9 Å². The van der Waals surface area contributed by atoms with Crippen LogP contribution in [0.4, 0.5) is 0 Å². The van der Waals surface area contributed by atoms with Crippen LogP contribution >= 0.6 is 0 Å². The predicted octanol–water partition coefficient (Wildman–Crippen LogP) is 1.03. The number of carbonyl (C=O) groups excluding carboxylic acids is 2. The van der Waals surface area contributed by atoms with Crippen LogP contribution in [0.15, 0.2) is 18.3 Å². The minimum absolute atomic E-state index is 0.0390. The Morgan fingerprint density at radius 1 is 1.28 bits per heavy atom. The Morgan fingerprint density at radius 3 is 2.72 bits per heavy atom. The Balaban J connectivity index is 1.62. The lowest BCUT2D eigenvalue weighted by Gasteiger charge is -2.38. The quantitative estimate of drug-likeness (QED) is 0.860. The second-order valence-electron chi connectivity index (χ2n) is 6.61. The van der Waals surface area contributed by atoms with Gasteiger partial charge in [-0.15, -0.1) is 0 Å². The van der Waals surface area contributed by atoms with Gasteiger partial charge in [0.25, 0.3) is 5.91 Å². The third-order valence-electron chi connectivity index (χ3n) is 5.13. The molecule has 0 radical (unpaired) electrons. The van der Waals surface area contributed by atoms with Crippen molar-refractivity contribution >= 4 is 11.8 Å². The lowest BCUT2D eigenvalue weighted by molar-refractivity contribution is -0.123. The van der Waals surface area contributed by atoms with E-state index in [0.717, 1.165) is 32.2 Å². The maximum Gasteiger partial charge on any atom is 0.259 e. The molecule has 136 valence electrons. The van der Waals surface area contributed by atoms with Gasteiger partial charge < -0.3 is 15.4 Å². The van der Waals surface area contributed by atoms with E-state index in [2.05, 4.69) is 9.88 Å². The number of carbonyl (C=O) groups is 2. The van der Waals surface area contributed by atoms with Crippen LogP contribution in [0.3, 0.4) is 0 Å². The summed E-state index contributed by atoms with van der Waals surface area (Å²) in [6, 6.07) is 3.69. The fraction of sp³-hybridized carbons (Fsp3) is 0.611. The number of ether oxygens (including phenoxy) is 1. The monoisotopic (exact) mass is 346 g/mol. The topological polar surface area (TPSA) is 88.8 Å². The van der Waals surface area contributed by atoms with Gasteiger partial charge in [-0.3, -0.25) is 14.5 Å². The SMILES string of the molecule is CCOc1ncccc1C(=O)N1CCC(N2CCC[C@@H]2C(N)=O)CC1. The molecule has 0 aromatic carbocycles. The standard InChI is InChI=1S/C18H26N4O3/c1-2-25-17-14(5-3-9-20-17)18(24)21-11-7-13(8-12-21)22-10-4-6-15(22)16(19)23/h3,5,9,13,15H,2,4,6-8,10-12H2,1H3,(H2,19,23)/t15-/m1/s1. The number of piperidine rings is 1. The van der Waals surface area contributed by atoms with Crippen molar-refractivity contribution in [1.82, 2.24) is 14.8 Å². The molecule has 0 aliphatic carbocycles. The van der Waals surface area contributed by atoms with Crippen LogP contribution in [-0.4, -0.2) is 64.9 Å². The third-order valence-corrected chi connectivity index (χ3v) is 5.13. The average Bonchev–Trinajstić information content (AvgIpc) is 3.12. The molecule has 2 aliphatic heterocycles. The van der Waals surface area contributed by atoms with E-state index in [1.807, 2.05) is 11.8 Å². The Kier molecular flexibility index (Phi) is 5.53. The Morgan fingerprint density at radius 2 is 2.04 bits per heavy atom. The van der Waals surface area contributed by atoms with Gasteiger partial charge >= 0.3 is 0 Å². The van der Waals surface area contributed by atoms with E-state index in [9.17, 15) is 9.59 Å². The van der Waals surface area contributed by atoms with Crippen molar-refractivity contribution in [2.75, 3.05) is 26.2 Å². The highest BCUT2D eigenvalue weighted by Crippen LogP contribution is 2.27. The highest BCUT2D eigenvalue weighted by Gasteiger charge is 2.36. The minimum atomic E-state index is -0.229. The molecule has 2 N–H and O–H groups in total. The summed E-state index contributed by atoms with van der Waals surface area (Å²) in [5.74, 6) is 0.126. The Hall–Kier alpha value is -2.15. The van der Waals surface area contributed by atoms with Crippen LogP contribution in [-0.2, 0) is 4.79 Å². The van der Waals surface area contributed by atoms with Crippen LogP contribution in [0.25, 0.3) is 0 Å². The molecule has 0 spiro atoms. The second-order valence-corrected chi connectivity index (χ2v) is 6.61. The summed E-state index contributed by atoms with van der Waals surface area (Å²) in [6.07, 6.45) is 5.22. The third kappa shape index (κ3) is 3.76. The molecule has 3 heterocycles. The van der Waals surface area contributed by atoms with Crippen LogP contribution in [0, 0.1) is 0 Å². The number of pyridine rings is 1. The first-order chi connectivity index (χ1) is 12.1. The first kappa shape index (κ1) is 17.7. The molecule has 25 heavy (non-hydrogen) atoms. The zero-order valence-corrected chi connectivity index (χ0v) is 14.7. The highest BCUT2D eigenvalue weighted by molar-refractivity contribution is 5.96. The number of hydrogen-bond donors (Lipinski definition) is 1. The van der Waals surface area contributed by atoms with Crippen LogP contribution in [0.1, 0.15) is 43.0 Å². The number of amides is 2. The van der Waals surface area contributed by atoms with Crippen molar-refractivity contribution in [2.45, 2.75) is 44.7 Å². The van der Waals surface area contributed by atoms with Crippen molar-refractivity contribution in [2.24, 2.45) is 5.73 Å². The molecule has 0 bridgehead atoms. The number of nitrogens with zero attached hydrogens (tertiary/aromatic N) is 3. The summed E-state index contributed by atoms with van der Waals surface area (Å²) in [5, 5.41) is 0. The number of aromatic nitrogens is 1. The summed E-state index contributed by atoms with van der Waals surface area (Å²) >= 11 is 0. The summed E-state index contributed by atoms with van der Waals surface area (Å²) in [6.45, 7) is 4.61. The molecule has 0 unspecified atom stereocenters. The molecule has 2 amide bonds. The molecule has 7 heteroatoms. The lowest BCUT2D eigenvalue weighted by Crippen LogP contribution is -2.51. The number of nitrogens with two attached hydrogens (primary N) is 1. The van der Waals surface area contributed by atoms with Gasteiger partial charge in [-0.2, -0.15) is 0 Å². The smallest absolute Gasteiger partial charge is 0.259 e. The van der Waals surface area contributed by atoms with Gasteiger partial charge in [-0.25, -0.2) is 4.98 Å². The highest BCUT2D eigenvalue weighted by atomic mass is 16.5. The van der Waals surface area contributed by atoms with E-state index < -0.39 is 0 Å². The van der Waals surface area contributed by atoms with E-state index >= 15 is 0 Å². The van der Waals surface area contributed by atoms with Gasteiger partial charge in [0.05, 0.1) is 12.6 Å². The Labute approximate surface area is 148 Å². The number of rotatable bonds is 5. The lowest BCUT2D eigenvalue weighted by atomic mass is 10.0. The number of hydrogen-bond acceptors (Lipinski definition) is 5. The predicted molar refractivity (Wildman–Crippen MR) is 93.3 cm³/mol. The van der Waals surface area contributed by atoms with Gasteiger partial charge in [0.15, 0.2) is 0 Å². The molecule has 1 atom stereocenters. The molecule has 7 nitrogen and oxygen atoms in total. The summed E-state index contributed by atoms with van der Waals surface area (Å²) < 4.78 is 5.47. The van der Waals surface area contributed by atoms with Gasteiger partial charge in [-0.05, 0) is 51.3 Å². The molecule has 2 saturated heterocycles. The molecule has 2 fully saturated rings. The molecule has 3 rings (SSSR count). The maximum atomic E-state index is 12.8. The zero-order chi connectivity index (χ0) is 17.8. The molecule has 1 aromatic heterocycles. The van der Waals surface area contributed by atoms with E-state index in [1.165, 1.54) is 0 Å². The zero-order valence-electron chi connectivity index (χ0n) is 14.7. The first-order valence-corrected chi connectivity index (χ1v) is 9.04. The largest absolute Gasteiger partial charge is 0.477 e.